The highest BCUT2D eigenvalue weighted by atomic mass is 79.9. The average molecular weight is 311 g/mol. The zero-order valence-electron chi connectivity index (χ0n) is 10.5. The number of nitrogens with one attached hydrogen (secondary N) is 1. The van der Waals surface area contributed by atoms with Gasteiger partial charge in [0.25, 0.3) is 0 Å². The highest BCUT2D eigenvalue weighted by molar-refractivity contribution is 9.10. The van der Waals surface area contributed by atoms with Crippen molar-refractivity contribution < 1.29 is 4.52 Å². The van der Waals surface area contributed by atoms with Gasteiger partial charge in [-0.3, -0.25) is 4.98 Å². The van der Waals surface area contributed by atoms with Crippen LogP contribution in [0.25, 0.3) is 11.4 Å². The summed E-state index contributed by atoms with van der Waals surface area (Å²) in [7, 11) is 1.91. The molecule has 2 aromatic heterocycles. The van der Waals surface area contributed by atoms with E-state index in [0.29, 0.717) is 11.7 Å². The van der Waals surface area contributed by atoms with Crippen molar-refractivity contribution in [1.82, 2.24) is 20.4 Å². The Morgan fingerprint density at radius 2 is 2.11 bits per heavy atom. The molecule has 0 spiro atoms. The van der Waals surface area contributed by atoms with E-state index in [1.807, 2.05) is 13.1 Å². The maximum atomic E-state index is 5.30. The van der Waals surface area contributed by atoms with Gasteiger partial charge in [-0.05, 0) is 36.0 Å². The first kappa shape index (κ1) is 13.2. The van der Waals surface area contributed by atoms with Gasteiger partial charge in [-0.2, -0.15) is 4.98 Å². The molecule has 0 bridgehead atoms. The van der Waals surface area contributed by atoms with Crippen LogP contribution in [0.3, 0.4) is 0 Å². The van der Waals surface area contributed by atoms with Gasteiger partial charge in [0.1, 0.15) is 0 Å². The molecule has 0 aromatic carbocycles. The van der Waals surface area contributed by atoms with Gasteiger partial charge in [0.2, 0.25) is 11.7 Å². The van der Waals surface area contributed by atoms with Crippen molar-refractivity contribution in [2.75, 3.05) is 7.05 Å². The van der Waals surface area contributed by atoms with E-state index in [1.165, 1.54) is 0 Å². The van der Waals surface area contributed by atoms with Crippen molar-refractivity contribution in [3.05, 3.63) is 28.8 Å². The molecular weight excluding hydrogens is 296 g/mol. The quantitative estimate of drug-likeness (QED) is 0.940. The molecule has 0 saturated heterocycles. The van der Waals surface area contributed by atoms with Crippen LogP contribution in [0.4, 0.5) is 0 Å². The standard InChI is InChI=1S/C12H15BrN4O/c1-7(8(2)14-3)12-16-11(17-18-12)9-4-10(13)6-15-5-9/h4-8,14H,1-3H3. The topological polar surface area (TPSA) is 63.8 Å². The molecule has 0 aliphatic rings. The summed E-state index contributed by atoms with van der Waals surface area (Å²) in [5.74, 6) is 1.36. The Morgan fingerprint density at radius 1 is 1.33 bits per heavy atom. The third kappa shape index (κ3) is 2.76. The predicted octanol–water partition coefficient (Wildman–Crippen LogP) is 2.61. The molecular formula is C12H15BrN4O. The fourth-order valence-electron chi connectivity index (χ4n) is 1.54. The third-order valence-corrected chi connectivity index (χ3v) is 3.43. The highest BCUT2D eigenvalue weighted by Crippen LogP contribution is 2.22. The van der Waals surface area contributed by atoms with Crippen molar-refractivity contribution in [1.29, 1.82) is 0 Å². The molecule has 0 amide bonds. The maximum Gasteiger partial charge on any atom is 0.231 e. The van der Waals surface area contributed by atoms with Crippen LogP contribution in [0.1, 0.15) is 25.7 Å². The molecule has 0 aliphatic heterocycles. The van der Waals surface area contributed by atoms with Crippen LogP contribution in [0.2, 0.25) is 0 Å². The van der Waals surface area contributed by atoms with Gasteiger partial charge in [0.05, 0.1) is 5.92 Å². The maximum absolute atomic E-state index is 5.30. The largest absolute Gasteiger partial charge is 0.339 e. The summed E-state index contributed by atoms with van der Waals surface area (Å²) in [5.41, 5.74) is 0.837. The van der Waals surface area contributed by atoms with Crippen LogP contribution in [0.5, 0.6) is 0 Å². The van der Waals surface area contributed by atoms with E-state index in [1.54, 1.807) is 12.4 Å². The molecule has 2 rings (SSSR count). The van der Waals surface area contributed by atoms with Crippen molar-refractivity contribution in [3.63, 3.8) is 0 Å². The Morgan fingerprint density at radius 3 is 2.78 bits per heavy atom. The summed E-state index contributed by atoms with van der Waals surface area (Å²) in [4.78, 5) is 8.50. The minimum atomic E-state index is 0.163. The summed E-state index contributed by atoms with van der Waals surface area (Å²) in [6.45, 7) is 4.13. The lowest BCUT2D eigenvalue weighted by Crippen LogP contribution is -2.27. The van der Waals surface area contributed by atoms with Crippen molar-refractivity contribution in [2.45, 2.75) is 25.8 Å². The zero-order valence-corrected chi connectivity index (χ0v) is 12.1. The lowest BCUT2D eigenvalue weighted by molar-refractivity contribution is 0.336. The predicted molar refractivity (Wildman–Crippen MR) is 72.2 cm³/mol. The number of pyridine rings is 1. The van der Waals surface area contributed by atoms with E-state index in [4.69, 9.17) is 4.52 Å². The summed E-state index contributed by atoms with van der Waals surface area (Å²) in [6, 6.07) is 2.19. The lowest BCUT2D eigenvalue weighted by Gasteiger charge is -2.14. The van der Waals surface area contributed by atoms with Gasteiger partial charge in [-0.25, -0.2) is 0 Å². The number of hydrogen-bond acceptors (Lipinski definition) is 5. The van der Waals surface area contributed by atoms with Crippen LogP contribution >= 0.6 is 15.9 Å². The van der Waals surface area contributed by atoms with Crippen LogP contribution in [-0.4, -0.2) is 28.2 Å². The number of likely N-dealkylation sites (N-methyl/N-ethyl adjacent to an activating group) is 1. The van der Waals surface area contributed by atoms with E-state index in [9.17, 15) is 0 Å². The number of rotatable bonds is 4. The fourth-order valence-corrected chi connectivity index (χ4v) is 1.90. The average Bonchev–Trinajstić information content (AvgIpc) is 2.86. The van der Waals surface area contributed by atoms with Gasteiger partial charge in [0.15, 0.2) is 0 Å². The summed E-state index contributed by atoms with van der Waals surface area (Å²) >= 11 is 3.37. The second-order valence-corrected chi connectivity index (χ2v) is 5.13. The molecule has 2 atom stereocenters. The third-order valence-electron chi connectivity index (χ3n) is 3.00. The summed E-state index contributed by atoms with van der Waals surface area (Å²) in [6.07, 6.45) is 3.43. The van der Waals surface area contributed by atoms with Gasteiger partial charge in [-0.1, -0.05) is 12.1 Å². The van der Waals surface area contributed by atoms with Gasteiger partial charge < -0.3 is 9.84 Å². The molecule has 2 heterocycles. The van der Waals surface area contributed by atoms with Crippen LogP contribution in [-0.2, 0) is 0 Å². The number of aromatic nitrogens is 3. The van der Waals surface area contributed by atoms with Crippen LogP contribution < -0.4 is 5.32 Å². The molecule has 18 heavy (non-hydrogen) atoms. The highest BCUT2D eigenvalue weighted by Gasteiger charge is 2.20. The summed E-state index contributed by atoms with van der Waals surface area (Å²) in [5, 5.41) is 7.16. The number of hydrogen-bond donors (Lipinski definition) is 1. The van der Waals surface area contributed by atoms with E-state index in [2.05, 4.69) is 50.2 Å². The molecule has 2 aromatic rings. The number of halogens is 1. The van der Waals surface area contributed by atoms with Crippen molar-refractivity contribution in [2.24, 2.45) is 0 Å². The van der Waals surface area contributed by atoms with Gasteiger partial charge in [-0.15, -0.1) is 0 Å². The fraction of sp³-hybridized carbons (Fsp3) is 0.417. The van der Waals surface area contributed by atoms with Crippen LogP contribution in [0.15, 0.2) is 27.5 Å². The second kappa shape index (κ2) is 5.58. The van der Waals surface area contributed by atoms with E-state index < -0.39 is 0 Å². The first-order chi connectivity index (χ1) is 8.61. The molecule has 0 aliphatic carbocycles. The first-order valence-corrected chi connectivity index (χ1v) is 6.53. The Kier molecular flexibility index (Phi) is 4.08. The number of nitrogens with zero attached hydrogens (tertiary/aromatic N) is 3. The Bertz CT molecular complexity index is 528. The normalized spacial score (nSPS) is 14.4. The first-order valence-electron chi connectivity index (χ1n) is 5.73. The minimum absolute atomic E-state index is 0.163. The van der Waals surface area contributed by atoms with E-state index >= 15 is 0 Å². The van der Waals surface area contributed by atoms with Gasteiger partial charge in [0, 0.05) is 28.5 Å². The van der Waals surface area contributed by atoms with Gasteiger partial charge >= 0.3 is 0 Å². The smallest absolute Gasteiger partial charge is 0.231 e. The molecule has 96 valence electrons. The van der Waals surface area contributed by atoms with Crippen molar-refractivity contribution >= 4 is 15.9 Å². The molecule has 5 nitrogen and oxygen atoms in total. The SMILES string of the molecule is CNC(C)C(C)c1nc(-c2cncc(Br)c2)no1. The monoisotopic (exact) mass is 310 g/mol. The lowest BCUT2D eigenvalue weighted by atomic mass is 10.0. The summed E-state index contributed by atoms with van der Waals surface area (Å²) < 4.78 is 6.19. The van der Waals surface area contributed by atoms with Crippen molar-refractivity contribution in [3.8, 4) is 11.4 Å². The molecule has 1 N–H and O–H groups in total. The van der Waals surface area contributed by atoms with Crippen LogP contribution in [0, 0.1) is 0 Å². The zero-order chi connectivity index (χ0) is 13.1. The Labute approximate surface area is 114 Å². The molecule has 2 unspecified atom stereocenters. The second-order valence-electron chi connectivity index (χ2n) is 4.21. The Hall–Kier alpha value is -1.27. The molecule has 0 fully saturated rings. The molecule has 0 saturated carbocycles. The minimum Gasteiger partial charge on any atom is -0.339 e. The van der Waals surface area contributed by atoms with E-state index in [-0.39, 0.29) is 12.0 Å². The molecule has 6 heteroatoms. The molecule has 0 radical (unpaired) electrons. The van der Waals surface area contributed by atoms with E-state index in [0.717, 1.165) is 10.0 Å². The Balaban J connectivity index is 2.25.